The van der Waals surface area contributed by atoms with Gasteiger partial charge in [-0.1, -0.05) is 12.1 Å². The molecule has 0 aliphatic heterocycles. The second-order valence-electron chi connectivity index (χ2n) is 4.54. The summed E-state index contributed by atoms with van der Waals surface area (Å²) < 4.78 is 6.76. The van der Waals surface area contributed by atoms with Crippen LogP contribution >= 0.6 is 0 Å². The molecule has 0 unspecified atom stereocenters. The fourth-order valence-corrected chi connectivity index (χ4v) is 2.08. The smallest absolute Gasteiger partial charge is 0.232 e. The number of benzene rings is 1. The minimum absolute atomic E-state index is 0.0359. The van der Waals surface area contributed by atoms with Crippen molar-refractivity contribution in [2.24, 2.45) is 5.73 Å². The molecule has 20 heavy (non-hydrogen) atoms. The van der Waals surface area contributed by atoms with Crippen LogP contribution in [0.5, 0.6) is 5.75 Å². The molecule has 0 radical (unpaired) electrons. The van der Waals surface area contributed by atoms with Gasteiger partial charge in [0.2, 0.25) is 5.91 Å². The van der Waals surface area contributed by atoms with Crippen LogP contribution in [-0.4, -0.2) is 29.1 Å². The van der Waals surface area contributed by atoms with Crippen LogP contribution in [-0.2, 0) is 12.8 Å². The summed E-state index contributed by atoms with van der Waals surface area (Å²) in [4.78, 5) is 16.2. The number of aromatic nitrogens is 2. The number of nitrogens with zero attached hydrogens (tertiary/aromatic N) is 2. The molecule has 0 saturated heterocycles. The normalized spacial score (nSPS) is 10.5. The predicted octanol–water partition coefficient (Wildman–Crippen LogP) is 1.67. The summed E-state index contributed by atoms with van der Waals surface area (Å²) in [5.74, 6) is 0.843. The topological polar surface area (TPSA) is 70.1 Å². The largest absolute Gasteiger partial charge is 0.497 e. The van der Waals surface area contributed by atoms with Crippen molar-refractivity contribution >= 4 is 5.91 Å². The lowest BCUT2D eigenvalue weighted by atomic mass is 10.1. The van der Waals surface area contributed by atoms with E-state index in [1.54, 1.807) is 24.2 Å². The van der Waals surface area contributed by atoms with E-state index in [0.29, 0.717) is 25.8 Å². The molecule has 0 aliphatic rings. The van der Waals surface area contributed by atoms with Crippen LogP contribution in [0.3, 0.4) is 0 Å². The van der Waals surface area contributed by atoms with Gasteiger partial charge in [0.15, 0.2) is 0 Å². The standard InChI is InChI=1S/C15H19N3O2/c1-20-14-4-2-3-12(9-14)5-6-15(19)18-11-17-10-13(18)7-8-16/h2-4,9-11H,5-8,16H2,1H3. The van der Waals surface area contributed by atoms with Gasteiger partial charge in [-0.25, -0.2) is 4.98 Å². The maximum absolute atomic E-state index is 12.2. The average molecular weight is 273 g/mol. The molecular weight excluding hydrogens is 254 g/mol. The third kappa shape index (κ3) is 3.45. The van der Waals surface area contributed by atoms with E-state index in [4.69, 9.17) is 10.5 Å². The van der Waals surface area contributed by atoms with Gasteiger partial charge in [0.25, 0.3) is 0 Å². The monoisotopic (exact) mass is 273 g/mol. The molecule has 2 aromatic rings. The summed E-state index contributed by atoms with van der Waals surface area (Å²) in [6.45, 7) is 0.509. The van der Waals surface area contributed by atoms with Crippen LogP contribution in [0.2, 0.25) is 0 Å². The quantitative estimate of drug-likeness (QED) is 0.869. The number of hydrogen-bond acceptors (Lipinski definition) is 4. The van der Waals surface area contributed by atoms with Gasteiger partial charge in [0.05, 0.1) is 7.11 Å². The van der Waals surface area contributed by atoms with E-state index in [0.717, 1.165) is 17.0 Å². The van der Waals surface area contributed by atoms with Gasteiger partial charge in [-0.05, 0) is 30.7 Å². The Bertz CT molecular complexity index is 578. The molecule has 0 saturated carbocycles. The molecule has 5 heteroatoms. The Morgan fingerprint density at radius 2 is 2.25 bits per heavy atom. The number of carbonyl (C=O) groups is 1. The molecule has 0 aliphatic carbocycles. The number of hydrogen-bond donors (Lipinski definition) is 1. The van der Waals surface area contributed by atoms with E-state index in [2.05, 4.69) is 4.98 Å². The molecule has 5 nitrogen and oxygen atoms in total. The summed E-state index contributed by atoms with van der Waals surface area (Å²) >= 11 is 0. The van der Waals surface area contributed by atoms with Crippen LogP contribution in [0, 0.1) is 0 Å². The highest BCUT2D eigenvalue weighted by molar-refractivity contribution is 5.79. The van der Waals surface area contributed by atoms with E-state index < -0.39 is 0 Å². The van der Waals surface area contributed by atoms with Crippen LogP contribution < -0.4 is 10.5 Å². The molecule has 106 valence electrons. The van der Waals surface area contributed by atoms with Crippen molar-refractivity contribution < 1.29 is 9.53 Å². The van der Waals surface area contributed by atoms with E-state index in [-0.39, 0.29) is 5.91 Å². The van der Waals surface area contributed by atoms with Gasteiger partial charge in [-0.2, -0.15) is 0 Å². The van der Waals surface area contributed by atoms with Crippen molar-refractivity contribution in [2.75, 3.05) is 13.7 Å². The number of imidazole rings is 1. The first-order valence-electron chi connectivity index (χ1n) is 6.62. The van der Waals surface area contributed by atoms with Gasteiger partial charge in [0, 0.05) is 24.7 Å². The van der Waals surface area contributed by atoms with E-state index in [9.17, 15) is 4.79 Å². The predicted molar refractivity (Wildman–Crippen MR) is 76.9 cm³/mol. The van der Waals surface area contributed by atoms with Crippen molar-refractivity contribution in [3.8, 4) is 5.75 Å². The van der Waals surface area contributed by atoms with E-state index in [1.165, 1.54) is 0 Å². The second kappa shape index (κ2) is 6.86. The summed E-state index contributed by atoms with van der Waals surface area (Å²) in [5, 5.41) is 0. The number of ether oxygens (including phenoxy) is 1. The third-order valence-electron chi connectivity index (χ3n) is 3.15. The summed E-state index contributed by atoms with van der Waals surface area (Å²) in [6.07, 6.45) is 5.01. The minimum Gasteiger partial charge on any atom is -0.497 e. The number of aryl methyl sites for hydroxylation is 1. The van der Waals surface area contributed by atoms with Crippen molar-refractivity contribution in [2.45, 2.75) is 19.3 Å². The Kier molecular flexibility index (Phi) is 4.90. The first kappa shape index (κ1) is 14.3. The molecule has 1 aromatic carbocycles. The van der Waals surface area contributed by atoms with Gasteiger partial charge in [-0.15, -0.1) is 0 Å². The summed E-state index contributed by atoms with van der Waals surface area (Å²) in [7, 11) is 1.63. The Balaban J connectivity index is 1.99. The van der Waals surface area contributed by atoms with E-state index >= 15 is 0 Å². The van der Waals surface area contributed by atoms with Gasteiger partial charge >= 0.3 is 0 Å². The van der Waals surface area contributed by atoms with Crippen LogP contribution in [0.25, 0.3) is 0 Å². The van der Waals surface area contributed by atoms with Gasteiger partial charge in [0.1, 0.15) is 12.1 Å². The van der Waals surface area contributed by atoms with Crippen molar-refractivity contribution in [3.05, 3.63) is 48.0 Å². The van der Waals surface area contributed by atoms with Crippen LogP contribution in [0.1, 0.15) is 22.5 Å². The summed E-state index contributed by atoms with van der Waals surface area (Å²) in [5.41, 5.74) is 7.47. The number of carbonyl (C=O) groups excluding carboxylic acids is 1. The maximum atomic E-state index is 12.2. The minimum atomic E-state index is 0.0359. The van der Waals surface area contributed by atoms with Gasteiger partial charge < -0.3 is 10.5 Å². The molecule has 0 bridgehead atoms. The fourth-order valence-electron chi connectivity index (χ4n) is 2.08. The zero-order chi connectivity index (χ0) is 14.4. The number of nitrogens with two attached hydrogens (primary N) is 1. The fraction of sp³-hybridized carbons (Fsp3) is 0.333. The molecule has 0 spiro atoms. The number of methoxy groups -OCH3 is 1. The van der Waals surface area contributed by atoms with Gasteiger partial charge in [-0.3, -0.25) is 9.36 Å². The molecule has 2 rings (SSSR count). The van der Waals surface area contributed by atoms with Crippen molar-refractivity contribution in [1.82, 2.24) is 9.55 Å². The number of rotatable bonds is 6. The lowest BCUT2D eigenvalue weighted by molar-refractivity contribution is 0.0899. The van der Waals surface area contributed by atoms with Crippen molar-refractivity contribution in [3.63, 3.8) is 0 Å². The summed E-state index contributed by atoms with van der Waals surface area (Å²) in [6, 6.07) is 7.75. The molecule has 0 fully saturated rings. The highest BCUT2D eigenvalue weighted by Gasteiger charge is 2.10. The van der Waals surface area contributed by atoms with Crippen molar-refractivity contribution in [1.29, 1.82) is 0 Å². The Morgan fingerprint density at radius 1 is 1.40 bits per heavy atom. The zero-order valence-corrected chi connectivity index (χ0v) is 11.6. The Hall–Kier alpha value is -2.14. The SMILES string of the molecule is COc1cccc(CCC(=O)n2cncc2CCN)c1. The molecule has 1 heterocycles. The first-order chi connectivity index (χ1) is 9.74. The van der Waals surface area contributed by atoms with Crippen LogP contribution in [0.15, 0.2) is 36.8 Å². The van der Waals surface area contributed by atoms with E-state index in [1.807, 2.05) is 24.3 Å². The molecule has 2 N–H and O–H groups in total. The Labute approximate surface area is 118 Å². The zero-order valence-electron chi connectivity index (χ0n) is 11.6. The molecule has 0 amide bonds. The average Bonchev–Trinajstić information content (AvgIpc) is 2.94. The highest BCUT2D eigenvalue weighted by atomic mass is 16.5. The molecule has 1 aromatic heterocycles. The highest BCUT2D eigenvalue weighted by Crippen LogP contribution is 2.14. The lowest BCUT2D eigenvalue weighted by Crippen LogP contribution is -2.16. The first-order valence-corrected chi connectivity index (χ1v) is 6.62. The van der Waals surface area contributed by atoms with Crippen LogP contribution in [0.4, 0.5) is 0 Å². The lowest BCUT2D eigenvalue weighted by Gasteiger charge is -2.07. The second-order valence-corrected chi connectivity index (χ2v) is 4.54. The molecule has 0 atom stereocenters. The maximum Gasteiger partial charge on any atom is 0.232 e. The Morgan fingerprint density at radius 3 is 3.00 bits per heavy atom. The molecular formula is C15H19N3O2. The third-order valence-corrected chi connectivity index (χ3v) is 3.15.